The topological polar surface area (TPSA) is 95.2 Å². The number of nitriles is 2. The van der Waals surface area contributed by atoms with Crippen LogP contribution in [0.4, 0.5) is 0 Å². The highest BCUT2D eigenvalue weighted by Gasteiger charge is 1.99. The molecule has 0 atom stereocenters. The number of rotatable bonds is 4. The van der Waals surface area contributed by atoms with Gasteiger partial charge in [0, 0.05) is 6.21 Å². The molecule has 106 valence electrons. The van der Waals surface area contributed by atoms with Crippen LogP contribution >= 0.6 is 0 Å². The van der Waals surface area contributed by atoms with Gasteiger partial charge in [0.1, 0.15) is 29.3 Å². The predicted molar refractivity (Wildman–Crippen MR) is 83.0 cm³/mol. The molecule has 0 aromatic heterocycles. The van der Waals surface area contributed by atoms with Gasteiger partial charge < -0.3 is 10.5 Å². The molecule has 0 heterocycles. The van der Waals surface area contributed by atoms with Crippen LogP contribution in [0.5, 0.6) is 11.5 Å². The Morgan fingerprint density at radius 1 is 0.955 bits per heavy atom. The Hall–Kier alpha value is -3.57. The molecule has 0 saturated heterocycles. The molecule has 2 rings (SSSR count). The van der Waals surface area contributed by atoms with Gasteiger partial charge in [-0.15, -0.1) is 0 Å². The summed E-state index contributed by atoms with van der Waals surface area (Å²) in [6.45, 7) is 0. The number of nitrogens with zero attached hydrogens (tertiary/aromatic N) is 3. The maximum atomic E-state index is 8.84. The van der Waals surface area contributed by atoms with Gasteiger partial charge in [-0.25, -0.2) is 4.99 Å². The molecule has 0 aliphatic heterocycles. The van der Waals surface area contributed by atoms with Crippen molar-refractivity contribution in [2.24, 2.45) is 10.7 Å². The number of para-hydroxylation sites is 1. The average molecular weight is 288 g/mol. The molecule has 5 heteroatoms. The normalized spacial score (nSPS) is 11.4. The van der Waals surface area contributed by atoms with Gasteiger partial charge in [-0.1, -0.05) is 18.2 Å². The lowest BCUT2D eigenvalue weighted by Crippen LogP contribution is -1.97. The fraction of sp³-hybridized carbons (Fsp3) is 0. The lowest BCUT2D eigenvalue weighted by molar-refractivity contribution is 0.482. The third kappa shape index (κ3) is 3.96. The van der Waals surface area contributed by atoms with E-state index >= 15 is 0 Å². The lowest BCUT2D eigenvalue weighted by Gasteiger charge is -2.05. The summed E-state index contributed by atoms with van der Waals surface area (Å²) in [7, 11) is 0. The quantitative estimate of drug-likeness (QED) is 0.690. The number of hydrogen-bond acceptors (Lipinski definition) is 5. The van der Waals surface area contributed by atoms with Crippen molar-refractivity contribution < 1.29 is 4.74 Å². The summed E-state index contributed by atoms with van der Waals surface area (Å²) in [5, 5.41) is 17.5. The van der Waals surface area contributed by atoms with Crippen LogP contribution in [-0.4, -0.2) is 6.21 Å². The minimum atomic E-state index is -0.206. The van der Waals surface area contributed by atoms with Gasteiger partial charge in [-0.2, -0.15) is 10.5 Å². The van der Waals surface area contributed by atoms with Crippen molar-refractivity contribution >= 4 is 6.21 Å². The van der Waals surface area contributed by atoms with Crippen LogP contribution in [0, 0.1) is 22.7 Å². The second kappa shape index (κ2) is 7.28. The van der Waals surface area contributed by atoms with Crippen molar-refractivity contribution in [2.75, 3.05) is 0 Å². The monoisotopic (exact) mass is 288 g/mol. The predicted octanol–water partition coefficient (Wildman–Crippen LogP) is 3.12. The summed E-state index contributed by atoms with van der Waals surface area (Å²) in [5.74, 6) is 1.44. The molecule has 0 spiro atoms. The van der Waals surface area contributed by atoms with Gasteiger partial charge in [0.15, 0.2) is 5.70 Å². The molecular weight excluding hydrogens is 276 g/mol. The highest BCUT2D eigenvalue weighted by molar-refractivity contribution is 5.81. The van der Waals surface area contributed by atoms with Crippen molar-refractivity contribution in [3.63, 3.8) is 0 Å². The lowest BCUT2D eigenvalue weighted by atomic mass is 10.2. The van der Waals surface area contributed by atoms with Gasteiger partial charge in [-0.05, 0) is 42.0 Å². The van der Waals surface area contributed by atoms with Crippen LogP contribution in [0.15, 0.2) is 71.0 Å². The van der Waals surface area contributed by atoms with Crippen LogP contribution < -0.4 is 10.5 Å². The zero-order valence-electron chi connectivity index (χ0n) is 11.6. The Bertz CT molecular complexity index is 778. The molecule has 0 saturated carbocycles. The number of benzene rings is 2. The minimum absolute atomic E-state index is 0.105. The molecule has 0 bridgehead atoms. The van der Waals surface area contributed by atoms with E-state index in [1.54, 1.807) is 36.4 Å². The average Bonchev–Trinajstić information content (AvgIpc) is 2.57. The second-order valence-electron chi connectivity index (χ2n) is 4.23. The SMILES string of the molecule is N#CC(N)=C(C#N)N=Cc1ccc(Oc2ccccc2)cc1. The number of aliphatic imine (C=N–C) groups is 1. The smallest absolute Gasteiger partial charge is 0.174 e. The summed E-state index contributed by atoms with van der Waals surface area (Å²) in [6.07, 6.45) is 1.47. The van der Waals surface area contributed by atoms with Gasteiger partial charge in [0.2, 0.25) is 0 Å². The van der Waals surface area contributed by atoms with Crippen molar-refractivity contribution in [3.05, 3.63) is 71.6 Å². The zero-order valence-corrected chi connectivity index (χ0v) is 11.6. The first-order valence-corrected chi connectivity index (χ1v) is 6.40. The third-order valence-electron chi connectivity index (χ3n) is 2.68. The van der Waals surface area contributed by atoms with Crippen LogP contribution in [0.2, 0.25) is 0 Å². The molecule has 22 heavy (non-hydrogen) atoms. The molecular formula is C17H12N4O. The third-order valence-corrected chi connectivity index (χ3v) is 2.68. The van der Waals surface area contributed by atoms with Gasteiger partial charge in [-0.3, -0.25) is 0 Å². The van der Waals surface area contributed by atoms with E-state index in [1.807, 2.05) is 30.3 Å². The standard InChI is InChI=1S/C17H12N4O/c18-10-16(20)17(11-19)21-12-13-6-8-15(9-7-13)22-14-4-2-1-3-5-14/h1-9,12H,20H2. The highest BCUT2D eigenvalue weighted by atomic mass is 16.5. The van der Waals surface area contributed by atoms with E-state index in [0.717, 1.165) is 11.3 Å². The molecule has 0 radical (unpaired) electrons. The van der Waals surface area contributed by atoms with Crippen molar-refractivity contribution in [1.82, 2.24) is 0 Å². The van der Waals surface area contributed by atoms with Gasteiger partial charge >= 0.3 is 0 Å². The van der Waals surface area contributed by atoms with Crippen LogP contribution in [0.1, 0.15) is 5.56 Å². The largest absolute Gasteiger partial charge is 0.457 e. The number of hydrogen-bond donors (Lipinski definition) is 1. The summed E-state index contributed by atoms with van der Waals surface area (Å²) >= 11 is 0. The van der Waals surface area contributed by atoms with E-state index in [4.69, 9.17) is 21.0 Å². The Labute approximate surface area is 128 Å². The Morgan fingerprint density at radius 3 is 2.18 bits per heavy atom. The fourth-order valence-electron chi connectivity index (χ4n) is 1.60. The molecule has 2 aromatic rings. The van der Waals surface area contributed by atoms with Crippen LogP contribution in [0.25, 0.3) is 0 Å². The van der Waals surface area contributed by atoms with Crippen molar-refractivity contribution in [3.8, 4) is 23.6 Å². The van der Waals surface area contributed by atoms with E-state index in [2.05, 4.69) is 4.99 Å². The van der Waals surface area contributed by atoms with Crippen LogP contribution in [-0.2, 0) is 0 Å². The van der Waals surface area contributed by atoms with Crippen molar-refractivity contribution in [1.29, 1.82) is 10.5 Å². The molecule has 0 aliphatic rings. The highest BCUT2D eigenvalue weighted by Crippen LogP contribution is 2.20. The summed E-state index contributed by atoms with van der Waals surface area (Å²) < 4.78 is 5.67. The van der Waals surface area contributed by atoms with Gasteiger partial charge in [0.05, 0.1) is 0 Å². The molecule has 0 unspecified atom stereocenters. The first kappa shape index (κ1) is 14.8. The van der Waals surface area contributed by atoms with Crippen LogP contribution in [0.3, 0.4) is 0 Å². The molecule has 5 nitrogen and oxygen atoms in total. The second-order valence-corrected chi connectivity index (χ2v) is 4.23. The van der Waals surface area contributed by atoms with Gasteiger partial charge in [0.25, 0.3) is 0 Å². The Balaban J connectivity index is 2.10. The van der Waals surface area contributed by atoms with Crippen molar-refractivity contribution in [2.45, 2.75) is 0 Å². The summed E-state index contributed by atoms with van der Waals surface area (Å²) in [4.78, 5) is 3.90. The number of nitrogens with two attached hydrogens (primary N) is 1. The first-order chi connectivity index (χ1) is 10.7. The maximum absolute atomic E-state index is 8.84. The molecule has 0 aliphatic carbocycles. The van der Waals surface area contributed by atoms with E-state index in [1.165, 1.54) is 6.21 Å². The summed E-state index contributed by atoms with van der Waals surface area (Å²) in [6, 6.07) is 20.1. The zero-order chi connectivity index (χ0) is 15.8. The molecule has 0 amide bonds. The van der Waals surface area contributed by atoms with E-state index in [0.29, 0.717) is 5.75 Å². The number of allylic oxidation sites excluding steroid dienone is 2. The Kier molecular flexibility index (Phi) is 4.90. The van der Waals surface area contributed by atoms with E-state index < -0.39 is 0 Å². The Morgan fingerprint density at radius 2 is 1.59 bits per heavy atom. The minimum Gasteiger partial charge on any atom is -0.457 e. The van der Waals surface area contributed by atoms with E-state index in [9.17, 15) is 0 Å². The summed E-state index contributed by atoms with van der Waals surface area (Å²) in [5.41, 5.74) is 5.82. The maximum Gasteiger partial charge on any atom is 0.174 e. The molecule has 2 aromatic carbocycles. The molecule has 0 fully saturated rings. The first-order valence-electron chi connectivity index (χ1n) is 6.40. The molecule has 2 N–H and O–H groups in total. The fourth-order valence-corrected chi connectivity index (χ4v) is 1.60. The number of ether oxygens (including phenoxy) is 1. The van der Waals surface area contributed by atoms with E-state index in [-0.39, 0.29) is 11.4 Å².